The zero-order valence-electron chi connectivity index (χ0n) is 9.23. The van der Waals surface area contributed by atoms with Gasteiger partial charge < -0.3 is 9.73 Å². The number of carbonyl (C=O) groups is 1. The second kappa shape index (κ2) is 5.77. The first kappa shape index (κ1) is 12.1. The second-order valence-electron chi connectivity index (χ2n) is 3.21. The Morgan fingerprint density at radius 2 is 2.38 bits per heavy atom. The van der Waals surface area contributed by atoms with Crippen molar-refractivity contribution in [2.45, 2.75) is 20.3 Å². The van der Waals surface area contributed by atoms with Gasteiger partial charge in [-0.3, -0.25) is 4.79 Å². The van der Waals surface area contributed by atoms with Gasteiger partial charge in [0, 0.05) is 24.9 Å². The smallest absolute Gasteiger partial charge is 0.289 e. The topological polar surface area (TPSA) is 104 Å². The van der Waals surface area contributed by atoms with E-state index in [-0.39, 0.29) is 11.7 Å². The molecule has 1 rings (SSSR count). The number of aromatic nitrogens is 1. The van der Waals surface area contributed by atoms with Crippen molar-refractivity contribution in [1.29, 1.82) is 0 Å². The highest BCUT2D eigenvalue weighted by Gasteiger charge is 2.14. The van der Waals surface area contributed by atoms with Crippen molar-refractivity contribution in [2.75, 3.05) is 13.1 Å². The Labute approximate surface area is 92.5 Å². The molecule has 1 N–H and O–H groups in total. The van der Waals surface area contributed by atoms with E-state index in [1.54, 1.807) is 13.8 Å². The molecule has 7 heteroatoms. The number of oxazole rings is 1. The molecule has 86 valence electrons. The Morgan fingerprint density at radius 3 is 2.94 bits per heavy atom. The Hall–Kier alpha value is -2.01. The highest BCUT2D eigenvalue weighted by Crippen LogP contribution is 2.08. The minimum absolute atomic E-state index is 0.237. The third kappa shape index (κ3) is 3.29. The number of hydrogen-bond acceptors (Lipinski definition) is 4. The first-order valence-electron chi connectivity index (χ1n) is 4.88. The summed E-state index contributed by atoms with van der Waals surface area (Å²) in [5.41, 5.74) is 8.61. The number of amides is 1. The van der Waals surface area contributed by atoms with Crippen LogP contribution in [0.2, 0.25) is 0 Å². The normalized spacial score (nSPS) is 9.62. The van der Waals surface area contributed by atoms with Gasteiger partial charge in [0.2, 0.25) is 5.76 Å². The van der Waals surface area contributed by atoms with Crippen LogP contribution in [0.1, 0.15) is 28.6 Å². The second-order valence-corrected chi connectivity index (χ2v) is 3.21. The van der Waals surface area contributed by atoms with E-state index in [1.165, 1.54) is 0 Å². The number of rotatable bonds is 5. The predicted molar refractivity (Wildman–Crippen MR) is 56.9 cm³/mol. The number of azide groups is 1. The number of hydrogen-bond donors (Lipinski definition) is 1. The van der Waals surface area contributed by atoms with Gasteiger partial charge in [-0.1, -0.05) is 5.11 Å². The lowest BCUT2D eigenvalue weighted by Crippen LogP contribution is -2.25. The molecule has 0 aromatic carbocycles. The number of nitrogens with zero attached hydrogens (tertiary/aromatic N) is 4. The van der Waals surface area contributed by atoms with Crippen molar-refractivity contribution in [3.63, 3.8) is 0 Å². The maximum absolute atomic E-state index is 11.6. The van der Waals surface area contributed by atoms with Gasteiger partial charge in [-0.2, -0.15) is 0 Å². The maximum Gasteiger partial charge on any atom is 0.289 e. The van der Waals surface area contributed by atoms with Crippen LogP contribution in [0.4, 0.5) is 0 Å². The largest absolute Gasteiger partial charge is 0.436 e. The minimum Gasteiger partial charge on any atom is -0.436 e. The fraction of sp³-hybridized carbons (Fsp3) is 0.556. The molecular weight excluding hydrogens is 210 g/mol. The fourth-order valence-corrected chi connectivity index (χ4v) is 1.22. The Bertz CT molecular complexity index is 420. The molecule has 0 aliphatic heterocycles. The molecule has 0 unspecified atom stereocenters. The molecule has 0 saturated carbocycles. The van der Waals surface area contributed by atoms with Crippen molar-refractivity contribution < 1.29 is 9.21 Å². The van der Waals surface area contributed by atoms with Crippen LogP contribution >= 0.6 is 0 Å². The van der Waals surface area contributed by atoms with Gasteiger partial charge in [0.1, 0.15) is 0 Å². The number of carbonyl (C=O) groups excluding carboxylic acids is 1. The summed E-state index contributed by atoms with van der Waals surface area (Å²) in [6.07, 6.45) is 0.599. The molecule has 0 spiro atoms. The van der Waals surface area contributed by atoms with Crippen LogP contribution in [0.3, 0.4) is 0 Å². The first-order chi connectivity index (χ1) is 7.65. The average molecular weight is 223 g/mol. The molecule has 0 aliphatic rings. The van der Waals surface area contributed by atoms with Gasteiger partial charge in [0.05, 0.1) is 5.69 Å². The highest BCUT2D eigenvalue weighted by atomic mass is 16.4. The van der Waals surface area contributed by atoms with Gasteiger partial charge in [-0.15, -0.1) is 0 Å². The molecule has 0 saturated heterocycles. The third-order valence-corrected chi connectivity index (χ3v) is 1.89. The van der Waals surface area contributed by atoms with Crippen LogP contribution in [-0.4, -0.2) is 24.0 Å². The summed E-state index contributed by atoms with van der Waals surface area (Å²) in [5.74, 6) is 0.414. The average Bonchev–Trinajstić information content (AvgIpc) is 2.57. The van der Waals surface area contributed by atoms with E-state index in [2.05, 4.69) is 20.3 Å². The van der Waals surface area contributed by atoms with Gasteiger partial charge in [0.15, 0.2) is 5.89 Å². The molecule has 0 atom stereocenters. The zero-order valence-corrected chi connectivity index (χ0v) is 9.23. The summed E-state index contributed by atoms with van der Waals surface area (Å²) in [6, 6.07) is 0. The van der Waals surface area contributed by atoms with Crippen molar-refractivity contribution in [2.24, 2.45) is 5.11 Å². The summed E-state index contributed by atoms with van der Waals surface area (Å²) in [5, 5.41) is 6.01. The van der Waals surface area contributed by atoms with Crippen molar-refractivity contribution in [1.82, 2.24) is 10.3 Å². The first-order valence-corrected chi connectivity index (χ1v) is 4.88. The molecule has 1 aromatic heterocycles. The molecule has 0 fully saturated rings. The summed E-state index contributed by atoms with van der Waals surface area (Å²) in [6.45, 7) is 4.21. The number of nitrogens with one attached hydrogen (secondary N) is 1. The van der Waals surface area contributed by atoms with Crippen molar-refractivity contribution in [3.8, 4) is 0 Å². The predicted octanol–water partition coefficient (Wildman–Crippen LogP) is 1.72. The van der Waals surface area contributed by atoms with Crippen molar-refractivity contribution in [3.05, 3.63) is 27.8 Å². The van der Waals surface area contributed by atoms with E-state index in [4.69, 9.17) is 9.95 Å². The minimum atomic E-state index is -0.293. The van der Waals surface area contributed by atoms with Crippen LogP contribution in [0, 0.1) is 13.8 Å². The van der Waals surface area contributed by atoms with E-state index in [9.17, 15) is 4.79 Å². The maximum atomic E-state index is 11.6. The Kier molecular flexibility index (Phi) is 4.35. The van der Waals surface area contributed by atoms with Crippen LogP contribution < -0.4 is 5.32 Å². The standard InChI is InChI=1S/C9H13N5O2/c1-6-8(16-7(2)13-6)9(15)11-4-3-5-12-14-10/h3-5H2,1-2H3,(H,11,15). The van der Waals surface area contributed by atoms with E-state index in [0.29, 0.717) is 31.1 Å². The number of aryl methyl sites for hydroxylation is 2. The van der Waals surface area contributed by atoms with E-state index in [0.717, 1.165) is 0 Å². The Balaban J connectivity index is 2.41. The highest BCUT2D eigenvalue weighted by molar-refractivity contribution is 5.92. The molecule has 7 nitrogen and oxygen atoms in total. The molecular formula is C9H13N5O2. The lowest BCUT2D eigenvalue weighted by Gasteiger charge is -2.00. The monoisotopic (exact) mass is 223 g/mol. The van der Waals surface area contributed by atoms with Crippen LogP contribution in [-0.2, 0) is 0 Å². The summed E-state index contributed by atoms with van der Waals surface area (Å²) >= 11 is 0. The molecule has 0 radical (unpaired) electrons. The molecule has 1 aromatic rings. The zero-order chi connectivity index (χ0) is 12.0. The van der Waals surface area contributed by atoms with E-state index in [1.807, 2.05) is 0 Å². The summed E-state index contributed by atoms with van der Waals surface area (Å²) < 4.78 is 5.15. The summed E-state index contributed by atoms with van der Waals surface area (Å²) in [4.78, 5) is 18.2. The fourth-order valence-electron chi connectivity index (χ4n) is 1.22. The Morgan fingerprint density at radius 1 is 1.62 bits per heavy atom. The molecule has 0 bridgehead atoms. The van der Waals surface area contributed by atoms with Gasteiger partial charge in [0.25, 0.3) is 5.91 Å². The molecule has 1 heterocycles. The van der Waals surface area contributed by atoms with Crippen LogP contribution in [0.15, 0.2) is 9.53 Å². The van der Waals surface area contributed by atoms with E-state index < -0.39 is 0 Å². The van der Waals surface area contributed by atoms with Gasteiger partial charge >= 0.3 is 0 Å². The molecule has 16 heavy (non-hydrogen) atoms. The lowest BCUT2D eigenvalue weighted by atomic mass is 10.3. The molecule has 0 aliphatic carbocycles. The van der Waals surface area contributed by atoms with Crippen LogP contribution in [0.25, 0.3) is 10.4 Å². The van der Waals surface area contributed by atoms with Crippen LogP contribution in [0.5, 0.6) is 0 Å². The SMILES string of the molecule is Cc1nc(C)c(C(=O)NCCCN=[N+]=[N-])o1. The van der Waals surface area contributed by atoms with Gasteiger partial charge in [-0.25, -0.2) is 4.98 Å². The van der Waals surface area contributed by atoms with E-state index >= 15 is 0 Å². The molecule has 1 amide bonds. The summed E-state index contributed by atoms with van der Waals surface area (Å²) in [7, 11) is 0. The quantitative estimate of drug-likeness (QED) is 0.355. The van der Waals surface area contributed by atoms with Crippen molar-refractivity contribution >= 4 is 5.91 Å². The third-order valence-electron chi connectivity index (χ3n) is 1.89. The van der Waals surface area contributed by atoms with Gasteiger partial charge in [-0.05, 0) is 18.9 Å². The lowest BCUT2D eigenvalue weighted by molar-refractivity contribution is 0.0923.